The molecule has 0 radical (unpaired) electrons. The predicted octanol–water partition coefficient (Wildman–Crippen LogP) is 4.03. The molecule has 0 bridgehead atoms. The van der Waals surface area contributed by atoms with Crippen LogP contribution < -0.4 is 4.74 Å². The third kappa shape index (κ3) is 2.69. The number of para-hydroxylation sites is 1. The Morgan fingerprint density at radius 2 is 1.90 bits per heavy atom. The number of ether oxygens (including phenoxy) is 1. The summed E-state index contributed by atoms with van der Waals surface area (Å²) in [5.41, 5.74) is 1.85. The van der Waals surface area contributed by atoms with Crippen molar-refractivity contribution < 1.29 is 14.6 Å². The molecule has 0 aliphatic carbocycles. The van der Waals surface area contributed by atoms with Gasteiger partial charge in [0.1, 0.15) is 5.75 Å². The van der Waals surface area contributed by atoms with Crippen LogP contribution >= 0.6 is 0 Å². The molecule has 104 valence electrons. The number of fused-ring (bicyclic) bond motifs is 1. The summed E-state index contributed by atoms with van der Waals surface area (Å²) in [4.78, 5) is 15.3. The van der Waals surface area contributed by atoms with Crippen molar-refractivity contribution in [1.82, 2.24) is 4.98 Å². The van der Waals surface area contributed by atoms with Gasteiger partial charge in [0.25, 0.3) is 0 Å². The molecule has 0 aliphatic heterocycles. The molecule has 0 saturated heterocycles. The van der Waals surface area contributed by atoms with E-state index in [2.05, 4.69) is 4.98 Å². The number of aromatic carboxylic acids is 1. The van der Waals surface area contributed by atoms with E-state index in [4.69, 9.17) is 9.84 Å². The zero-order chi connectivity index (χ0) is 14.8. The zero-order valence-corrected chi connectivity index (χ0v) is 11.4. The molecule has 0 unspecified atom stereocenters. The minimum Gasteiger partial charge on any atom is -0.478 e. The SMILES string of the molecule is Cc1cc(C(=O)O)ccc1Oc1ccc2ccccc2n1. The van der Waals surface area contributed by atoms with E-state index in [1.165, 1.54) is 6.07 Å². The second-order valence-corrected chi connectivity index (χ2v) is 4.73. The number of hydrogen-bond donors (Lipinski definition) is 1. The van der Waals surface area contributed by atoms with Gasteiger partial charge in [0.05, 0.1) is 11.1 Å². The van der Waals surface area contributed by atoms with E-state index in [9.17, 15) is 4.79 Å². The van der Waals surface area contributed by atoms with Gasteiger partial charge < -0.3 is 9.84 Å². The molecule has 1 aromatic heterocycles. The molecular formula is C17H13NO3. The maximum Gasteiger partial charge on any atom is 0.335 e. The lowest BCUT2D eigenvalue weighted by molar-refractivity contribution is 0.0697. The summed E-state index contributed by atoms with van der Waals surface area (Å²) < 4.78 is 5.75. The van der Waals surface area contributed by atoms with Gasteiger partial charge in [-0.25, -0.2) is 9.78 Å². The lowest BCUT2D eigenvalue weighted by atomic mass is 10.1. The summed E-state index contributed by atoms with van der Waals surface area (Å²) >= 11 is 0. The van der Waals surface area contributed by atoms with Crippen LogP contribution in [0.1, 0.15) is 15.9 Å². The quantitative estimate of drug-likeness (QED) is 0.786. The van der Waals surface area contributed by atoms with E-state index < -0.39 is 5.97 Å². The molecule has 0 amide bonds. The van der Waals surface area contributed by atoms with Crippen LogP contribution in [0, 0.1) is 6.92 Å². The summed E-state index contributed by atoms with van der Waals surface area (Å²) in [6.07, 6.45) is 0. The number of aromatic nitrogens is 1. The Kier molecular flexibility index (Phi) is 3.28. The Balaban J connectivity index is 1.93. The molecule has 2 aromatic carbocycles. The van der Waals surface area contributed by atoms with Gasteiger partial charge >= 0.3 is 5.97 Å². The maximum atomic E-state index is 10.9. The largest absolute Gasteiger partial charge is 0.478 e. The van der Waals surface area contributed by atoms with E-state index in [0.29, 0.717) is 11.6 Å². The summed E-state index contributed by atoms with van der Waals surface area (Å²) in [6, 6.07) is 16.3. The van der Waals surface area contributed by atoms with Gasteiger partial charge in [0.15, 0.2) is 0 Å². The number of nitrogens with zero attached hydrogens (tertiary/aromatic N) is 1. The summed E-state index contributed by atoms with van der Waals surface area (Å²) in [5.74, 6) is 0.135. The van der Waals surface area contributed by atoms with Gasteiger partial charge in [0, 0.05) is 11.5 Å². The Hall–Kier alpha value is -2.88. The van der Waals surface area contributed by atoms with Gasteiger partial charge in [-0.15, -0.1) is 0 Å². The van der Waals surface area contributed by atoms with Crippen molar-refractivity contribution >= 4 is 16.9 Å². The predicted molar refractivity (Wildman–Crippen MR) is 80.0 cm³/mol. The molecule has 4 heteroatoms. The minimum atomic E-state index is -0.950. The molecule has 0 fully saturated rings. The van der Waals surface area contributed by atoms with Crippen molar-refractivity contribution in [3.8, 4) is 11.6 Å². The van der Waals surface area contributed by atoms with Crippen LogP contribution in [0.5, 0.6) is 11.6 Å². The molecule has 0 spiro atoms. The van der Waals surface area contributed by atoms with Gasteiger partial charge in [-0.2, -0.15) is 0 Å². The number of carboxylic acids is 1. The van der Waals surface area contributed by atoms with Gasteiger partial charge in [0.2, 0.25) is 5.88 Å². The lowest BCUT2D eigenvalue weighted by Crippen LogP contribution is -1.98. The van der Waals surface area contributed by atoms with Crippen LogP contribution in [0.2, 0.25) is 0 Å². The average Bonchev–Trinajstić information content (AvgIpc) is 2.49. The van der Waals surface area contributed by atoms with Crippen LogP contribution in [0.4, 0.5) is 0 Å². The highest BCUT2D eigenvalue weighted by molar-refractivity contribution is 5.88. The van der Waals surface area contributed by atoms with Crippen molar-refractivity contribution in [2.24, 2.45) is 0 Å². The number of carboxylic acid groups (broad SMARTS) is 1. The van der Waals surface area contributed by atoms with Crippen molar-refractivity contribution in [3.63, 3.8) is 0 Å². The second kappa shape index (κ2) is 5.25. The zero-order valence-electron chi connectivity index (χ0n) is 11.4. The minimum absolute atomic E-state index is 0.242. The summed E-state index contributed by atoms with van der Waals surface area (Å²) in [6.45, 7) is 1.81. The number of benzene rings is 2. The highest BCUT2D eigenvalue weighted by Crippen LogP contribution is 2.26. The first kappa shape index (κ1) is 13.1. The maximum absolute atomic E-state index is 10.9. The molecule has 0 aliphatic rings. The topological polar surface area (TPSA) is 59.4 Å². The van der Waals surface area contributed by atoms with Gasteiger partial charge in [-0.1, -0.05) is 18.2 Å². The number of hydrogen-bond acceptors (Lipinski definition) is 3. The molecule has 0 saturated carbocycles. The molecule has 21 heavy (non-hydrogen) atoms. The second-order valence-electron chi connectivity index (χ2n) is 4.73. The Morgan fingerprint density at radius 1 is 1.10 bits per heavy atom. The van der Waals surface area contributed by atoms with E-state index in [1.54, 1.807) is 18.2 Å². The smallest absolute Gasteiger partial charge is 0.335 e. The Morgan fingerprint density at radius 3 is 2.67 bits per heavy atom. The Labute approximate surface area is 121 Å². The van der Waals surface area contributed by atoms with E-state index in [-0.39, 0.29) is 5.56 Å². The van der Waals surface area contributed by atoms with E-state index in [1.807, 2.05) is 37.3 Å². The highest BCUT2D eigenvalue weighted by Gasteiger charge is 2.08. The fourth-order valence-electron chi connectivity index (χ4n) is 2.11. The van der Waals surface area contributed by atoms with E-state index >= 15 is 0 Å². The fraction of sp³-hybridized carbons (Fsp3) is 0.0588. The number of carbonyl (C=O) groups is 1. The number of aryl methyl sites for hydroxylation is 1. The van der Waals surface area contributed by atoms with Crippen LogP contribution in [0.15, 0.2) is 54.6 Å². The highest BCUT2D eigenvalue weighted by atomic mass is 16.5. The van der Waals surface area contributed by atoms with Gasteiger partial charge in [-0.05, 0) is 42.8 Å². The Bertz CT molecular complexity index is 827. The normalized spacial score (nSPS) is 10.5. The molecular weight excluding hydrogens is 266 g/mol. The number of rotatable bonds is 3. The fourth-order valence-corrected chi connectivity index (χ4v) is 2.11. The van der Waals surface area contributed by atoms with Crippen LogP contribution in [0.25, 0.3) is 10.9 Å². The first-order chi connectivity index (χ1) is 10.1. The van der Waals surface area contributed by atoms with Crippen molar-refractivity contribution in [1.29, 1.82) is 0 Å². The number of pyridine rings is 1. The molecule has 0 atom stereocenters. The van der Waals surface area contributed by atoms with Crippen molar-refractivity contribution in [3.05, 3.63) is 65.7 Å². The third-order valence-corrected chi connectivity index (χ3v) is 3.21. The lowest BCUT2D eigenvalue weighted by Gasteiger charge is -2.09. The third-order valence-electron chi connectivity index (χ3n) is 3.21. The van der Waals surface area contributed by atoms with Crippen molar-refractivity contribution in [2.75, 3.05) is 0 Å². The van der Waals surface area contributed by atoms with Crippen LogP contribution in [0.3, 0.4) is 0 Å². The molecule has 3 aromatic rings. The average molecular weight is 279 g/mol. The van der Waals surface area contributed by atoms with Crippen LogP contribution in [-0.2, 0) is 0 Å². The van der Waals surface area contributed by atoms with E-state index in [0.717, 1.165) is 16.5 Å². The molecule has 3 rings (SSSR count). The van der Waals surface area contributed by atoms with Gasteiger partial charge in [-0.3, -0.25) is 0 Å². The van der Waals surface area contributed by atoms with Crippen molar-refractivity contribution in [2.45, 2.75) is 6.92 Å². The summed E-state index contributed by atoms with van der Waals surface area (Å²) in [5, 5.41) is 10.00. The standard InChI is InChI=1S/C17H13NO3/c1-11-10-13(17(19)20)6-8-15(11)21-16-9-7-12-4-2-3-5-14(12)18-16/h2-10H,1H3,(H,19,20). The first-order valence-electron chi connectivity index (χ1n) is 6.51. The summed E-state index contributed by atoms with van der Waals surface area (Å²) in [7, 11) is 0. The molecule has 4 nitrogen and oxygen atoms in total. The monoisotopic (exact) mass is 279 g/mol. The molecule has 1 heterocycles. The van der Waals surface area contributed by atoms with Crippen LogP contribution in [-0.4, -0.2) is 16.1 Å². The first-order valence-corrected chi connectivity index (χ1v) is 6.51. The molecule has 1 N–H and O–H groups in total.